The van der Waals surface area contributed by atoms with Gasteiger partial charge >= 0.3 is 0 Å². The van der Waals surface area contributed by atoms with Crippen LogP contribution in [0.25, 0.3) is 0 Å². The van der Waals surface area contributed by atoms with Crippen LogP contribution in [-0.4, -0.2) is 31.9 Å². The fourth-order valence-corrected chi connectivity index (χ4v) is 2.89. The van der Waals surface area contributed by atoms with Crippen molar-refractivity contribution in [3.05, 3.63) is 65.7 Å². The second-order valence-electron chi connectivity index (χ2n) is 5.45. The zero-order chi connectivity index (χ0) is 17.0. The van der Waals surface area contributed by atoms with Gasteiger partial charge in [0.2, 0.25) is 15.9 Å². The van der Waals surface area contributed by atoms with Crippen molar-refractivity contribution in [1.82, 2.24) is 4.31 Å². The summed E-state index contributed by atoms with van der Waals surface area (Å²) in [7, 11) is -2.12. The highest BCUT2D eigenvalue weighted by molar-refractivity contribution is 7.88. The maximum Gasteiger partial charge on any atom is 0.247 e. The van der Waals surface area contributed by atoms with E-state index < -0.39 is 22.0 Å². The largest absolute Gasteiger partial charge is 0.324 e. The Morgan fingerprint density at radius 2 is 1.74 bits per heavy atom. The maximum absolute atomic E-state index is 12.7. The molecule has 1 atom stereocenters. The first-order chi connectivity index (χ1) is 10.8. The summed E-state index contributed by atoms with van der Waals surface area (Å²) in [6.07, 6.45) is 1.09. The van der Waals surface area contributed by atoms with Gasteiger partial charge in [-0.05, 0) is 30.2 Å². The molecule has 2 aromatic carbocycles. The molecule has 0 aliphatic rings. The molecular weight excluding hydrogens is 312 g/mol. The lowest BCUT2D eigenvalue weighted by atomic mass is 10.1. The summed E-state index contributed by atoms with van der Waals surface area (Å²) < 4.78 is 24.9. The number of hydrogen-bond acceptors (Lipinski definition) is 3. The van der Waals surface area contributed by atoms with Gasteiger partial charge in [-0.2, -0.15) is 4.31 Å². The SMILES string of the molecule is Cc1cccc(NC(=O)[C@H](c2ccccc2)N(C)S(C)(=O)=O)c1. The van der Waals surface area contributed by atoms with Gasteiger partial charge in [0.1, 0.15) is 6.04 Å². The minimum absolute atomic E-state index is 0.394. The molecule has 5 nitrogen and oxygen atoms in total. The van der Waals surface area contributed by atoms with E-state index >= 15 is 0 Å². The highest BCUT2D eigenvalue weighted by atomic mass is 32.2. The summed E-state index contributed by atoms with van der Waals surface area (Å²) in [5.74, 6) is -0.394. The van der Waals surface area contributed by atoms with Crippen molar-refractivity contribution in [1.29, 1.82) is 0 Å². The summed E-state index contributed by atoms with van der Waals surface area (Å²) in [6.45, 7) is 1.92. The number of amides is 1. The lowest BCUT2D eigenvalue weighted by Gasteiger charge is -2.25. The zero-order valence-electron chi connectivity index (χ0n) is 13.4. The second kappa shape index (κ2) is 6.93. The predicted molar refractivity (Wildman–Crippen MR) is 91.6 cm³/mol. The first kappa shape index (κ1) is 17.2. The van der Waals surface area contributed by atoms with Crippen LogP contribution in [0.3, 0.4) is 0 Å². The van der Waals surface area contributed by atoms with Gasteiger partial charge in [0.25, 0.3) is 0 Å². The third-order valence-corrected chi connectivity index (χ3v) is 4.79. The second-order valence-corrected chi connectivity index (χ2v) is 7.49. The number of anilines is 1. The molecule has 23 heavy (non-hydrogen) atoms. The monoisotopic (exact) mass is 332 g/mol. The van der Waals surface area contributed by atoms with Crippen LogP contribution >= 0.6 is 0 Å². The molecule has 0 bridgehead atoms. The number of benzene rings is 2. The molecule has 1 amide bonds. The minimum atomic E-state index is -3.52. The van der Waals surface area contributed by atoms with Crippen molar-refractivity contribution in [2.24, 2.45) is 0 Å². The van der Waals surface area contributed by atoms with Crippen molar-refractivity contribution in [3.63, 3.8) is 0 Å². The van der Waals surface area contributed by atoms with Gasteiger partial charge in [0, 0.05) is 12.7 Å². The Labute approximate surface area is 137 Å². The Morgan fingerprint density at radius 1 is 1.09 bits per heavy atom. The van der Waals surface area contributed by atoms with Gasteiger partial charge in [-0.3, -0.25) is 4.79 Å². The number of rotatable bonds is 5. The van der Waals surface area contributed by atoms with Crippen molar-refractivity contribution in [2.75, 3.05) is 18.6 Å². The van der Waals surface area contributed by atoms with E-state index in [9.17, 15) is 13.2 Å². The minimum Gasteiger partial charge on any atom is -0.324 e. The normalized spacial score (nSPS) is 12.9. The average Bonchev–Trinajstić information content (AvgIpc) is 2.47. The van der Waals surface area contributed by atoms with Crippen LogP contribution in [0, 0.1) is 6.92 Å². The highest BCUT2D eigenvalue weighted by Crippen LogP contribution is 2.24. The van der Waals surface area contributed by atoms with E-state index in [0.717, 1.165) is 16.1 Å². The molecule has 1 N–H and O–H groups in total. The van der Waals surface area contributed by atoms with E-state index in [-0.39, 0.29) is 0 Å². The molecule has 0 radical (unpaired) electrons. The first-order valence-corrected chi connectivity index (χ1v) is 8.99. The van der Waals surface area contributed by atoms with E-state index in [0.29, 0.717) is 11.3 Å². The van der Waals surface area contributed by atoms with Gasteiger partial charge < -0.3 is 5.32 Å². The van der Waals surface area contributed by atoms with Crippen LogP contribution in [0.1, 0.15) is 17.2 Å². The molecule has 6 heteroatoms. The molecule has 0 unspecified atom stereocenters. The summed E-state index contributed by atoms with van der Waals surface area (Å²) in [5.41, 5.74) is 2.26. The predicted octanol–water partition coefficient (Wildman–Crippen LogP) is 2.57. The van der Waals surface area contributed by atoms with Crippen LogP contribution in [0.4, 0.5) is 5.69 Å². The van der Waals surface area contributed by atoms with Crippen molar-refractivity contribution in [3.8, 4) is 0 Å². The molecule has 0 aliphatic carbocycles. The third-order valence-electron chi connectivity index (χ3n) is 3.54. The molecule has 0 aromatic heterocycles. The number of carbonyl (C=O) groups excluding carboxylic acids is 1. The van der Waals surface area contributed by atoms with Crippen molar-refractivity contribution >= 4 is 21.6 Å². The van der Waals surface area contributed by atoms with Crippen LogP contribution in [-0.2, 0) is 14.8 Å². The summed E-state index contributed by atoms with van der Waals surface area (Å²) >= 11 is 0. The molecule has 0 fully saturated rings. The van der Waals surface area contributed by atoms with Crippen LogP contribution in [0.15, 0.2) is 54.6 Å². The van der Waals surface area contributed by atoms with Crippen molar-refractivity contribution in [2.45, 2.75) is 13.0 Å². The van der Waals surface area contributed by atoms with Crippen molar-refractivity contribution < 1.29 is 13.2 Å². The number of carbonyl (C=O) groups is 1. The number of aryl methyl sites for hydroxylation is 1. The Morgan fingerprint density at radius 3 is 2.30 bits per heavy atom. The van der Waals surface area contributed by atoms with Gasteiger partial charge in [-0.1, -0.05) is 42.5 Å². The van der Waals surface area contributed by atoms with Crippen LogP contribution in [0.5, 0.6) is 0 Å². The number of nitrogens with zero attached hydrogens (tertiary/aromatic N) is 1. The Balaban J connectivity index is 2.35. The molecule has 0 saturated carbocycles. The lowest BCUT2D eigenvalue weighted by molar-refractivity contribution is -0.119. The van der Waals surface area contributed by atoms with E-state index in [1.165, 1.54) is 7.05 Å². The fourth-order valence-electron chi connectivity index (χ4n) is 2.29. The topological polar surface area (TPSA) is 66.5 Å². The summed E-state index contributed by atoms with van der Waals surface area (Å²) in [4.78, 5) is 12.7. The average molecular weight is 332 g/mol. The third kappa shape index (κ3) is 4.40. The quantitative estimate of drug-likeness (QED) is 0.915. The molecule has 0 spiro atoms. The number of hydrogen-bond donors (Lipinski definition) is 1. The zero-order valence-corrected chi connectivity index (χ0v) is 14.2. The van der Waals surface area contributed by atoms with Gasteiger partial charge in [0.15, 0.2) is 0 Å². The maximum atomic E-state index is 12.7. The van der Waals surface area contributed by atoms with Gasteiger partial charge in [-0.15, -0.1) is 0 Å². The Hall–Kier alpha value is -2.18. The Bertz CT molecular complexity index is 788. The van der Waals surface area contributed by atoms with Crippen LogP contribution in [0.2, 0.25) is 0 Å². The highest BCUT2D eigenvalue weighted by Gasteiger charge is 2.30. The van der Waals surface area contributed by atoms with E-state index in [2.05, 4.69) is 5.32 Å². The smallest absolute Gasteiger partial charge is 0.247 e. The summed E-state index contributed by atoms with van der Waals surface area (Å²) in [5, 5.41) is 2.79. The fraction of sp³-hybridized carbons (Fsp3) is 0.235. The molecule has 0 heterocycles. The molecule has 0 saturated heterocycles. The molecule has 2 aromatic rings. The molecule has 0 aliphatic heterocycles. The lowest BCUT2D eigenvalue weighted by Crippen LogP contribution is -2.38. The number of nitrogens with one attached hydrogen (secondary N) is 1. The van der Waals surface area contributed by atoms with Crippen LogP contribution < -0.4 is 5.32 Å². The number of sulfonamides is 1. The standard InChI is InChI=1S/C17H20N2O3S/c1-13-8-7-11-15(12-13)18-17(20)16(19(2)23(3,21)22)14-9-5-4-6-10-14/h4-12,16H,1-3H3,(H,18,20)/t16-/m0/s1. The van der Waals surface area contributed by atoms with E-state index in [4.69, 9.17) is 0 Å². The summed E-state index contributed by atoms with van der Waals surface area (Å²) in [6, 6.07) is 15.3. The Kier molecular flexibility index (Phi) is 5.18. The molecule has 122 valence electrons. The molecule has 2 rings (SSSR count). The number of likely N-dealkylation sites (N-methyl/N-ethyl adjacent to an activating group) is 1. The van der Waals surface area contributed by atoms with E-state index in [1.54, 1.807) is 30.3 Å². The van der Waals surface area contributed by atoms with Gasteiger partial charge in [-0.25, -0.2) is 8.42 Å². The molecular formula is C17H20N2O3S. The van der Waals surface area contributed by atoms with Gasteiger partial charge in [0.05, 0.1) is 6.26 Å². The van der Waals surface area contributed by atoms with E-state index in [1.807, 2.05) is 31.2 Å². The first-order valence-electron chi connectivity index (χ1n) is 7.14.